The van der Waals surface area contributed by atoms with Gasteiger partial charge < -0.3 is 14.6 Å². The van der Waals surface area contributed by atoms with E-state index in [1.54, 1.807) is 0 Å². The second-order valence-corrected chi connectivity index (χ2v) is 6.40. The van der Waals surface area contributed by atoms with E-state index in [0.717, 1.165) is 19.3 Å². The number of carbonyl (C=O) groups is 2. The predicted molar refractivity (Wildman–Crippen MR) is 89.6 cm³/mol. The first-order valence-electron chi connectivity index (χ1n) is 8.02. The molecule has 0 fully saturated rings. The van der Waals surface area contributed by atoms with Gasteiger partial charge in [-0.2, -0.15) is 0 Å². The number of hydrogen-bond donors (Lipinski definition) is 1. The monoisotopic (exact) mass is 326 g/mol. The Hall–Kier alpha value is -1.62. The molecule has 0 aliphatic rings. The van der Waals surface area contributed by atoms with Gasteiger partial charge in [-0.1, -0.05) is 46.3 Å². The first-order chi connectivity index (χ1) is 10.6. The van der Waals surface area contributed by atoms with Crippen molar-refractivity contribution < 1.29 is 24.2 Å². The second-order valence-electron chi connectivity index (χ2n) is 6.40. The molecule has 23 heavy (non-hydrogen) atoms. The van der Waals surface area contributed by atoms with E-state index in [1.807, 2.05) is 0 Å². The van der Waals surface area contributed by atoms with Gasteiger partial charge in [-0.25, -0.2) is 9.59 Å². The normalized spacial score (nSPS) is 11.2. The number of hydrogen-bond acceptors (Lipinski definition) is 5. The average molecular weight is 326 g/mol. The van der Waals surface area contributed by atoms with Gasteiger partial charge in [-0.05, 0) is 26.2 Å². The van der Waals surface area contributed by atoms with Crippen LogP contribution >= 0.6 is 0 Å². The van der Waals surface area contributed by atoms with Gasteiger partial charge in [-0.3, -0.25) is 0 Å². The molecule has 0 aromatic heterocycles. The van der Waals surface area contributed by atoms with Gasteiger partial charge in [0.05, 0.1) is 0 Å². The minimum absolute atomic E-state index is 0.175. The van der Waals surface area contributed by atoms with E-state index in [-0.39, 0.29) is 17.6 Å². The highest BCUT2D eigenvalue weighted by molar-refractivity contribution is 5.89. The molecule has 0 amide bonds. The summed E-state index contributed by atoms with van der Waals surface area (Å²) in [4.78, 5) is 23.6. The first-order valence-corrected chi connectivity index (χ1v) is 8.02. The van der Waals surface area contributed by atoms with Crippen molar-refractivity contribution in [3.05, 3.63) is 24.3 Å². The van der Waals surface area contributed by atoms with Crippen molar-refractivity contribution in [2.24, 2.45) is 5.92 Å². The Balaban J connectivity index is 4.87. The maximum atomic E-state index is 11.8. The largest absolute Gasteiger partial charge is 0.417 e. The fourth-order valence-corrected chi connectivity index (χ4v) is 1.90. The quantitative estimate of drug-likeness (QED) is 0.272. The van der Waals surface area contributed by atoms with E-state index in [9.17, 15) is 14.7 Å². The highest BCUT2D eigenvalue weighted by Gasteiger charge is 2.38. The molecule has 0 rings (SSSR count). The molecule has 5 heteroatoms. The summed E-state index contributed by atoms with van der Waals surface area (Å²) in [6.07, 6.45) is 3.93. The lowest BCUT2D eigenvalue weighted by molar-refractivity contribution is -0.238. The SMILES string of the molecule is C=C(C)C(=O)OC(CO)(CCCCCC(C)C)OC(=O)C(=C)C. The molecule has 0 saturated heterocycles. The Bertz CT molecular complexity index is 409. The van der Waals surface area contributed by atoms with Gasteiger partial charge in [0.1, 0.15) is 6.61 Å². The zero-order valence-electron chi connectivity index (χ0n) is 14.8. The topological polar surface area (TPSA) is 72.8 Å². The molecule has 132 valence electrons. The average Bonchev–Trinajstić information content (AvgIpc) is 2.45. The highest BCUT2D eigenvalue weighted by Crippen LogP contribution is 2.25. The van der Waals surface area contributed by atoms with E-state index in [4.69, 9.17) is 9.47 Å². The van der Waals surface area contributed by atoms with Crippen LogP contribution in [0.25, 0.3) is 0 Å². The molecule has 0 atom stereocenters. The molecule has 0 saturated carbocycles. The van der Waals surface area contributed by atoms with Crippen molar-refractivity contribution in [1.82, 2.24) is 0 Å². The second kappa shape index (κ2) is 10.2. The lowest BCUT2D eigenvalue weighted by Crippen LogP contribution is -2.44. The van der Waals surface area contributed by atoms with E-state index >= 15 is 0 Å². The molecule has 0 heterocycles. The summed E-state index contributed by atoms with van der Waals surface area (Å²) in [6.45, 7) is 13.7. The lowest BCUT2D eigenvalue weighted by atomic mass is 10.0. The molecule has 0 spiro atoms. The van der Waals surface area contributed by atoms with Gasteiger partial charge >= 0.3 is 11.9 Å². The van der Waals surface area contributed by atoms with Gasteiger partial charge in [0, 0.05) is 17.6 Å². The molecular weight excluding hydrogens is 296 g/mol. The van der Waals surface area contributed by atoms with Crippen LogP contribution in [-0.4, -0.2) is 29.4 Å². The van der Waals surface area contributed by atoms with E-state index in [1.165, 1.54) is 13.8 Å². The van der Waals surface area contributed by atoms with Crippen molar-refractivity contribution in [2.45, 2.75) is 65.6 Å². The van der Waals surface area contributed by atoms with Crippen LogP contribution < -0.4 is 0 Å². The number of unbranched alkanes of at least 4 members (excludes halogenated alkanes) is 2. The Morgan fingerprint density at radius 1 is 1.00 bits per heavy atom. The number of rotatable bonds is 11. The summed E-state index contributed by atoms with van der Waals surface area (Å²) in [5, 5.41) is 9.67. The van der Waals surface area contributed by atoms with E-state index < -0.39 is 24.3 Å². The Morgan fingerprint density at radius 2 is 1.48 bits per heavy atom. The van der Waals surface area contributed by atoms with Gasteiger partial charge in [-0.15, -0.1) is 0 Å². The maximum absolute atomic E-state index is 11.8. The summed E-state index contributed by atoms with van der Waals surface area (Å²) in [5.41, 5.74) is 0.350. The Labute approximate surface area is 139 Å². The standard InChI is InChI=1S/C18H30O5/c1-13(2)10-8-7-9-11-18(12-19,22-16(20)14(3)4)23-17(21)15(5)6/h13,19H,3,5,7-12H2,1-2,4,6H3. The van der Waals surface area contributed by atoms with Crippen molar-refractivity contribution in [1.29, 1.82) is 0 Å². The molecule has 5 nitrogen and oxygen atoms in total. The zero-order chi connectivity index (χ0) is 18.0. The third-order valence-corrected chi connectivity index (χ3v) is 3.33. The van der Waals surface area contributed by atoms with Crippen LogP contribution in [0.15, 0.2) is 24.3 Å². The summed E-state index contributed by atoms with van der Waals surface area (Å²) in [7, 11) is 0. The number of carbonyl (C=O) groups excluding carboxylic acids is 2. The summed E-state index contributed by atoms with van der Waals surface area (Å²) < 4.78 is 10.4. The molecule has 0 radical (unpaired) electrons. The van der Waals surface area contributed by atoms with Crippen LogP contribution in [0.1, 0.15) is 59.8 Å². The Morgan fingerprint density at radius 3 is 1.83 bits per heavy atom. The lowest BCUT2D eigenvalue weighted by Gasteiger charge is -2.31. The molecule has 0 aromatic rings. The van der Waals surface area contributed by atoms with Crippen molar-refractivity contribution in [3.8, 4) is 0 Å². The van der Waals surface area contributed by atoms with Crippen LogP contribution in [0.3, 0.4) is 0 Å². The van der Waals surface area contributed by atoms with Crippen LogP contribution in [-0.2, 0) is 19.1 Å². The number of ether oxygens (including phenoxy) is 2. The van der Waals surface area contributed by atoms with E-state index in [0.29, 0.717) is 12.3 Å². The minimum atomic E-state index is -1.68. The minimum Gasteiger partial charge on any atom is -0.417 e. The molecule has 0 aromatic carbocycles. The van der Waals surface area contributed by atoms with Crippen LogP contribution in [0.4, 0.5) is 0 Å². The molecule has 0 aliphatic heterocycles. The molecule has 0 aliphatic carbocycles. The maximum Gasteiger partial charge on any atom is 0.336 e. The summed E-state index contributed by atoms with van der Waals surface area (Å²) in [5.74, 6) is -2.45. The highest BCUT2D eigenvalue weighted by atomic mass is 16.7. The molecule has 0 bridgehead atoms. The number of aliphatic hydroxyl groups is 1. The summed E-state index contributed by atoms with van der Waals surface area (Å²) in [6, 6.07) is 0. The summed E-state index contributed by atoms with van der Waals surface area (Å²) >= 11 is 0. The third kappa shape index (κ3) is 8.55. The van der Waals surface area contributed by atoms with Gasteiger partial charge in [0.15, 0.2) is 0 Å². The number of aliphatic hydroxyl groups excluding tert-OH is 1. The van der Waals surface area contributed by atoms with Gasteiger partial charge in [0.25, 0.3) is 5.79 Å². The van der Waals surface area contributed by atoms with Crippen molar-refractivity contribution >= 4 is 11.9 Å². The first kappa shape index (κ1) is 21.4. The van der Waals surface area contributed by atoms with Crippen LogP contribution in [0.2, 0.25) is 0 Å². The number of esters is 2. The molecule has 0 unspecified atom stereocenters. The smallest absolute Gasteiger partial charge is 0.336 e. The molecular formula is C18H30O5. The van der Waals surface area contributed by atoms with Crippen molar-refractivity contribution in [2.75, 3.05) is 6.61 Å². The fraction of sp³-hybridized carbons (Fsp3) is 0.667. The fourth-order valence-electron chi connectivity index (χ4n) is 1.90. The Kier molecular flexibility index (Phi) is 9.49. The van der Waals surface area contributed by atoms with Gasteiger partial charge in [0.2, 0.25) is 0 Å². The van der Waals surface area contributed by atoms with Crippen molar-refractivity contribution in [3.63, 3.8) is 0 Å². The van der Waals surface area contributed by atoms with Crippen LogP contribution in [0, 0.1) is 5.92 Å². The third-order valence-electron chi connectivity index (χ3n) is 3.33. The van der Waals surface area contributed by atoms with E-state index in [2.05, 4.69) is 27.0 Å². The predicted octanol–water partition coefficient (Wildman–Crippen LogP) is 3.52. The van der Waals surface area contributed by atoms with Crippen LogP contribution in [0.5, 0.6) is 0 Å². The molecule has 1 N–H and O–H groups in total. The zero-order valence-corrected chi connectivity index (χ0v) is 14.8.